The van der Waals surface area contributed by atoms with Gasteiger partial charge in [0, 0.05) is 5.69 Å². The second kappa shape index (κ2) is 5.66. The van der Waals surface area contributed by atoms with Gasteiger partial charge in [-0.05, 0) is 54.5 Å². The highest BCUT2D eigenvalue weighted by molar-refractivity contribution is 9.10. The Balaban J connectivity index is 2.22. The van der Waals surface area contributed by atoms with E-state index in [1.165, 1.54) is 6.07 Å². The molecule has 102 valence electrons. The van der Waals surface area contributed by atoms with Gasteiger partial charge >= 0.3 is 6.01 Å². The zero-order chi connectivity index (χ0) is 14.0. The van der Waals surface area contributed by atoms with Gasteiger partial charge < -0.3 is 15.1 Å². The van der Waals surface area contributed by atoms with E-state index in [1.54, 1.807) is 13.0 Å². The standard InChI is InChI=1S/C12H14BrFN4O/c1-6-4-9(14)8(13)5-10(6)16-12-18-17-11(19-12)7(2)15-3/h4-5,7,15H,1-3H3,(H,16,18). The predicted molar refractivity (Wildman–Crippen MR) is 73.9 cm³/mol. The third-order valence-corrected chi connectivity index (χ3v) is 3.36. The van der Waals surface area contributed by atoms with Crippen LogP contribution in [-0.4, -0.2) is 17.2 Å². The highest BCUT2D eigenvalue weighted by atomic mass is 79.9. The van der Waals surface area contributed by atoms with Crippen LogP contribution in [0.3, 0.4) is 0 Å². The molecule has 1 unspecified atom stereocenters. The van der Waals surface area contributed by atoms with Crippen molar-refractivity contribution < 1.29 is 8.81 Å². The number of rotatable bonds is 4. The van der Waals surface area contributed by atoms with Crippen molar-refractivity contribution in [2.45, 2.75) is 19.9 Å². The van der Waals surface area contributed by atoms with Crippen LogP contribution in [0.25, 0.3) is 0 Å². The second-order valence-corrected chi connectivity index (χ2v) is 5.02. The Hall–Kier alpha value is -1.47. The predicted octanol–water partition coefficient (Wildman–Crippen LogP) is 3.30. The molecule has 0 saturated heterocycles. The Morgan fingerprint density at radius 1 is 1.37 bits per heavy atom. The Labute approximate surface area is 118 Å². The molecular formula is C12H14BrFN4O. The van der Waals surface area contributed by atoms with E-state index in [2.05, 4.69) is 36.8 Å². The van der Waals surface area contributed by atoms with Crippen LogP contribution < -0.4 is 10.6 Å². The number of aryl methyl sites for hydroxylation is 1. The zero-order valence-corrected chi connectivity index (χ0v) is 12.4. The lowest BCUT2D eigenvalue weighted by Crippen LogP contribution is -2.12. The van der Waals surface area contributed by atoms with Crippen LogP contribution in [-0.2, 0) is 0 Å². The smallest absolute Gasteiger partial charge is 0.320 e. The molecular weight excluding hydrogens is 315 g/mol. The molecule has 0 bridgehead atoms. The van der Waals surface area contributed by atoms with E-state index in [0.717, 1.165) is 5.56 Å². The maximum Gasteiger partial charge on any atom is 0.320 e. The molecule has 0 aliphatic rings. The number of aromatic nitrogens is 2. The van der Waals surface area contributed by atoms with Gasteiger partial charge in [-0.25, -0.2) is 4.39 Å². The Morgan fingerprint density at radius 2 is 2.11 bits per heavy atom. The average Bonchev–Trinajstić information content (AvgIpc) is 2.83. The molecule has 2 aromatic rings. The van der Waals surface area contributed by atoms with E-state index in [1.807, 2.05) is 14.0 Å². The molecule has 7 heteroatoms. The number of hydrogen-bond acceptors (Lipinski definition) is 5. The van der Waals surface area contributed by atoms with Crippen molar-refractivity contribution in [2.24, 2.45) is 0 Å². The van der Waals surface area contributed by atoms with Gasteiger partial charge in [0.05, 0.1) is 10.5 Å². The Bertz CT molecular complexity index is 587. The monoisotopic (exact) mass is 328 g/mol. The molecule has 0 fully saturated rings. The van der Waals surface area contributed by atoms with E-state index < -0.39 is 0 Å². The summed E-state index contributed by atoms with van der Waals surface area (Å²) in [6.45, 7) is 3.71. The molecule has 0 aliphatic carbocycles. The molecule has 19 heavy (non-hydrogen) atoms. The fraction of sp³-hybridized carbons (Fsp3) is 0.333. The highest BCUT2D eigenvalue weighted by Gasteiger charge is 2.13. The van der Waals surface area contributed by atoms with Crippen LogP contribution in [0.5, 0.6) is 0 Å². The topological polar surface area (TPSA) is 63.0 Å². The molecule has 1 aromatic carbocycles. The third kappa shape index (κ3) is 3.10. The van der Waals surface area contributed by atoms with Gasteiger partial charge in [-0.3, -0.25) is 0 Å². The van der Waals surface area contributed by atoms with Crippen LogP contribution >= 0.6 is 15.9 Å². The maximum absolute atomic E-state index is 13.3. The van der Waals surface area contributed by atoms with E-state index in [4.69, 9.17) is 4.42 Å². The minimum absolute atomic E-state index is 0.0240. The number of nitrogens with zero attached hydrogens (tertiary/aromatic N) is 2. The van der Waals surface area contributed by atoms with Crippen LogP contribution in [0.15, 0.2) is 21.0 Å². The molecule has 1 heterocycles. The average molecular weight is 329 g/mol. The second-order valence-electron chi connectivity index (χ2n) is 4.16. The number of halogens is 2. The van der Waals surface area contributed by atoms with Crippen molar-refractivity contribution in [3.8, 4) is 0 Å². The summed E-state index contributed by atoms with van der Waals surface area (Å²) >= 11 is 3.14. The summed E-state index contributed by atoms with van der Waals surface area (Å²) in [7, 11) is 1.81. The van der Waals surface area contributed by atoms with Crippen molar-refractivity contribution in [3.05, 3.63) is 33.9 Å². The fourth-order valence-electron chi connectivity index (χ4n) is 1.48. The van der Waals surface area contributed by atoms with Crippen molar-refractivity contribution in [2.75, 3.05) is 12.4 Å². The van der Waals surface area contributed by atoms with Gasteiger partial charge in [0.15, 0.2) is 0 Å². The number of hydrogen-bond donors (Lipinski definition) is 2. The molecule has 0 saturated carbocycles. The lowest BCUT2D eigenvalue weighted by Gasteiger charge is -2.07. The summed E-state index contributed by atoms with van der Waals surface area (Å²) in [4.78, 5) is 0. The molecule has 2 rings (SSSR count). The number of anilines is 2. The molecule has 0 spiro atoms. The minimum Gasteiger partial charge on any atom is -0.406 e. The first-order valence-electron chi connectivity index (χ1n) is 5.74. The lowest BCUT2D eigenvalue weighted by atomic mass is 10.2. The first-order chi connectivity index (χ1) is 9.01. The van der Waals surface area contributed by atoms with Gasteiger partial charge in [0.25, 0.3) is 0 Å². The molecule has 0 aliphatic heterocycles. The molecule has 5 nitrogen and oxygen atoms in total. The molecule has 1 aromatic heterocycles. The zero-order valence-electron chi connectivity index (χ0n) is 10.8. The first kappa shape index (κ1) is 14.0. The number of nitrogens with one attached hydrogen (secondary N) is 2. The van der Waals surface area contributed by atoms with E-state index in [-0.39, 0.29) is 17.9 Å². The van der Waals surface area contributed by atoms with Crippen molar-refractivity contribution >= 4 is 27.6 Å². The van der Waals surface area contributed by atoms with E-state index >= 15 is 0 Å². The van der Waals surface area contributed by atoms with E-state index in [0.29, 0.717) is 16.1 Å². The first-order valence-corrected chi connectivity index (χ1v) is 6.54. The normalized spacial score (nSPS) is 12.5. The van der Waals surface area contributed by atoms with Crippen LogP contribution in [0, 0.1) is 12.7 Å². The summed E-state index contributed by atoms with van der Waals surface area (Å²) in [5.74, 6) is 0.182. The Morgan fingerprint density at radius 3 is 2.79 bits per heavy atom. The van der Waals surface area contributed by atoms with Crippen molar-refractivity contribution in [1.82, 2.24) is 15.5 Å². The maximum atomic E-state index is 13.3. The minimum atomic E-state index is -0.307. The summed E-state index contributed by atoms with van der Waals surface area (Å²) in [5, 5.41) is 13.8. The SMILES string of the molecule is CNC(C)c1nnc(Nc2cc(Br)c(F)cc2C)o1. The lowest BCUT2D eigenvalue weighted by molar-refractivity contribution is 0.443. The van der Waals surface area contributed by atoms with Crippen molar-refractivity contribution in [1.29, 1.82) is 0 Å². The highest BCUT2D eigenvalue weighted by Crippen LogP contribution is 2.27. The van der Waals surface area contributed by atoms with Gasteiger partial charge in [-0.2, -0.15) is 0 Å². The Kier molecular flexibility index (Phi) is 4.16. The fourth-order valence-corrected chi connectivity index (χ4v) is 1.82. The third-order valence-electron chi connectivity index (χ3n) is 2.75. The molecule has 2 N–H and O–H groups in total. The molecule has 0 amide bonds. The van der Waals surface area contributed by atoms with Gasteiger partial charge in [0.1, 0.15) is 5.82 Å². The summed E-state index contributed by atoms with van der Waals surface area (Å²) in [6, 6.07) is 3.32. The van der Waals surface area contributed by atoms with Gasteiger partial charge in [0.2, 0.25) is 5.89 Å². The van der Waals surface area contributed by atoms with E-state index in [9.17, 15) is 4.39 Å². The summed E-state index contributed by atoms with van der Waals surface area (Å²) < 4.78 is 19.2. The van der Waals surface area contributed by atoms with Crippen LogP contribution in [0.4, 0.5) is 16.1 Å². The van der Waals surface area contributed by atoms with Gasteiger partial charge in [-0.15, -0.1) is 5.10 Å². The van der Waals surface area contributed by atoms with Crippen LogP contribution in [0.1, 0.15) is 24.4 Å². The van der Waals surface area contributed by atoms with Crippen molar-refractivity contribution in [3.63, 3.8) is 0 Å². The quantitative estimate of drug-likeness (QED) is 0.901. The largest absolute Gasteiger partial charge is 0.406 e. The number of benzene rings is 1. The summed E-state index contributed by atoms with van der Waals surface area (Å²) in [5.41, 5.74) is 1.46. The molecule has 1 atom stereocenters. The van der Waals surface area contributed by atoms with Crippen LogP contribution in [0.2, 0.25) is 0 Å². The summed E-state index contributed by atoms with van der Waals surface area (Å²) in [6.07, 6.45) is 0. The van der Waals surface area contributed by atoms with Gasteiger partial charge in [-0.1, -0.05) is 5.10 Å². The molecule has 0 radical (unpaired) electrons.